The minimum atomic E-state index is -1.07. The van der Waals surface area contributed by atoms with Gasteiger partial charge in [0.2, 0.25) is 0 Å². The zero-order valence-corrected chi connectivity index (χ0v) is 10.6. The lowest BCUT2D eigenvalue weighted by atomic mass is 10.2. The second-order valence-corrected chi connectivity index (χ2v) is 3.89. The van der Waals surface area contributed by atoms with Gasteiger partial charge in [-0.25, -0.2) is 14.8 Å². The number of carboxylic acids is 1. The number of carbonyl (C=O) groups is 1. The van der Waals surface area contributed by atoms with Gasteiger partial charge in [-0.15, -0.1) is 0 Å². The fourth-order valence-electron chi connectivity index (χ4n) is 1.34. The molecule has 0 aliphatic heterocycles. The van der Waals surface area contributed by atoms with Crippen molar-refractivity contribution in [3.63, 3.8) is 0 Å². The average molecular weight is 281 g/mol. The number of methoxy groups -OCH3 is 1. The fraction of sp³-hybridized carbons (Fsp3) is 0.0833. The first-order valence-corrected chi connectivity index (χ1v) is 5.54. The number of ether oxygens (including phenoxy) is 2. The molecule has 0 aliphatic carbocycles. The lowest BCUT2D eigenvalue weighted by Crippen LogP contribution is -1.99. The number of nitrogens with zero attached hydrogens (tertiary/aromatic N) is 2. The topological polar surface area (TPSA) is 81.5 Å². The molecule has 98 valence electrons. The van der Waals surface area contributed by atoms with E-state index < -0.39 is 5.97 Å². The van der Waals surface area contributed by atoms with Crippen LogP contribution in [0.25, 0.3) is 0 Å². The van der Waals surface area contributed by atoms with Crippen molar-refractivity contribution >= 4 is 17.6 Å². The molecule has 0 aliphatic rings. The summed E-state index contributed by atoms with van der Waals surface area (Å²) in [6.07, 6.45) is 2.74. The van der Waals surface area contributed by atoms with E-state index in [0.717, 1.165) is 0 Å². The SMILES string of the molecule is COc1ccc(C(=O)O)cc1Oc1ncc(Cl)cn1. The van der Waals surface area contributed by atoms with E-state index in [9.17, 15) is 4.79 Å². The zero-order chi connectivity index (χ0) is 13.8. The lowest BCUT2D eigenvalue weighted by Gasteiger charge is -2.09. The monoisotopic (exact) mass is 280 g/mol. The van der Waals surface area contributed by atoms with E-state index in [2.05, 4.69) is 9.97 Å². The molecule has 2 aromatic rings. The maximum absolute atomic E-state index is 10.9. The van der Waals surface area contributed by atoms with Crippen LogP contribution in [0.2, 0.25) is 5.02 Å². The molecule has 6 nitrogen and oxygen atoms in total. The van der Waals surface area contributed by atoms with Crippen molar-refractivity contribution in [2.45, 2.75) is 0 Å². The summed E-state index contributed by atoms with van der Waals surface area (Å²) in [7, 11) is 1.45. The molecule has 0 fully saturated rings. The summed E-state index contributed by atoms with van der Waals surface area (Å²) in [6, 6.07) is 4.29. The molecule has 0 saturated heterocycles. The molecule has 1 aromatic heterocycles. The van der Waals surface area contributed by atoms with Crippen LogP contribution in [0.1, 0.15) is 10.4 Å². The number of benzene rings is 1. The molecule has 0 radical (unpaired) electrons. The molecule has 19 heavy (non-hydrogen) atoms. The highest BCUT2D eigenvalue weighted by molar-refractivity contribution is 6.30. The molecule has 0 unspecified atom stereocenters. The maximum Gasteiger partial charge on any atom is 0.335 e. The predicted molar refractivity (Wildman–Crippen MR) is 67.1 cm³/mol. The first kappa shape index (κ1) is 13.1. The smallest absolute Gasteiger partial charge is 0.335 e. The molecule has 0 atom stereocenters. The van der Waals surface area contributed by atoms with Gasteiger partial charge < -0.3 is 14.6 Å². The molecule has 7 heteroatoms. The summed E-state index contributed by atoms with van der Waals surface area (Å²) in [5.74, 6) is -0.474. The third-order valence-corrected chi connectivity index (χ3v) is 2.40. The van der Waals surface area contributed by atoms with Crippen LogP contribution in [0.3, 0.4) is 0 Å². The molecule has 0 spiro atoms. The number of rotatable bonds is 4. The lowest BCUT2D eigenvalue weighted by molar-refractivity contribution is 0.0696. The Morgan fingerprint density at radius 2 is 1.95 bits per heavy atom. The standard InChI is InChI=1S/C12H9ClN2O4/c1-18-9-3-2-7(11(16)17)4-10(9)19-12-14-5-8(13)6-15-12/h2-6H,1H3,(H,16,17). The van der Waals surface area contributed by atoms with Gasteiger partial charge in [0.05, 0.1) is 30.1 Å². The minimum Gasteiger partial charge on any atom is -0.493 e. The summed E-state index contributed by atoms with van der Waals surface area (Å²) in [5.41, 5.74) is 0.0739. The molecule has 0 saturated carbocycles. The van der Waals surface area contributed by atoms with Crippen LogP contribution >= 0.6 is 11.6 Å². The van der Waals surface area contributed by atoms with Crippen LogP contribution in [0.4, 0.5) is 0 Å². The molecule has 1 aromatic carbocycles. The summed E-state index contributed by atoms with van der Waals surface area (Å²) < 4.78 is 10.5. The summed E-state index contributed by atoms with van der Waals surface area (Å²) >= 11 is 5.66. The van der Waals surface area contributed by atoms with Crippen LogP contribution in [-0.4, -0.2) is 28.2 Å². The van der Waals surface area contributed by atoms with E-state index >= 15 is 0 Å². The van der Waals surface area contributed by atoms with E-state index in [1.165, 1.54) is 37.7 Å². The Morgan fingerprint density at radius 3 is 2.53 bits per heavy atom. The van der Waals surface area contributed by atoms with Crippen LogP contribution in [0.15, 0.2) is 30.6 Å². The molecule has 2 rings (SSSR count). The second-order valence-electron chi connectivity index (χ2n) is 3.46. The molecule has 0 amide bonds. The number of hydrogen-bond donors (Lipinski definition) is 1. The average Bonchev–Trinajstić information content (AvgIpc) is 2.41. The van der Waals surface area contributed by atoms with E-state index in [-0.39, 0.29) is 17.3 Å². The van der Waals surface area contributed by atoms with Crippen LogP contribution in [0, 0.1) is 0 Å². The van der Waals surface area contributed by atoms with Gasteiger partial charge in [0.15, 0.2) is 11.5 Å². The molecule has 1 heterocycles. The van der Waals surface area contributed by atoms with Gasteiger partial charge in [-0.1, -0.05) is 11.6 Å². The third kappa shape index (κ3) is 3.11. The van der Waals surface area contributed by atoms with E-state index in [4.69, 9.17) is 26.2 Å². The Balaban J connectivity index is 2.34. The number of halogens is 1. The van der Waals surface area contributed by atoms with Gasteiger partial charge in [-0.05, 0) is 18.2 Å². The highest BCUT2D eigenvalue weighted by Crippen LogP contribution is 2.31. The van der Waals surface area contributed by atoms with Crippen LogP contribution < -0.4 is 9.47 Å². The van der Waals surface area contributed by atoms with Crippen molar-refractivity contribution in [1.29, 1.82) is 0 Å². The Bertz CT molecular complexity index is 601. The third-order valence-electron chi connectivity index (χ3n) is 2.21. The Labute approximate surface area is 113 Å². The normalized spacial score (nSPS) is 10.0. The van der Waals surface area contributed by atoms with Crippen molar-refractivity contribution in [1.82, 2.24) is 9.97 Å². The van der Waals surface area contributed by atoms with Gasteiger partial charge in [-0.2, -0.15) is 0 Å². The van der Waals surface area contributed by atoms with Crippen molar-refractivity contribution in [2.75, 3.05) is 7.11 Å². The van der Waals surface area contributed by atoms with E-state index in [1.54, 1.807) is 0 Å². The quantitative estimate of drug-likeness (QED) is 0.927. The number of aromatic nitrogens is 2. The highest BCUT2D eigenvalue weighted by Gasteiger charge is 2.12. The van der Waals surface area contributed by atoms with E-state index in [0.29, 0.717) is 10.8 Å². The van der Waals surface area contributed by atoms with Gasteiger partial charge >= 0.3 is 12.0 Å². The number of aromatic carboxylic acids is 1. The zero-order valence-electron chi connectivity index (χ0n) is 9.83. The first-order chi connectivity index (χ1) is 9.10. The van der Waals surface area contributed by atoms with E-state index in [1.807, 2.05) is 0 Å². The molecule has 1 N–H and O–H groups in total. The maximum atomic E-state index is 10.9. The second kappa shape index (κ2) is 5.53. The first-order valence-electron chi connectivity index (χ1n) is 5.17. The fourth-order valence-corrected chi connectivity index (χ4v) is 1.44. The largest absolute Gasteiger partial charge is 0.493 e. The van der Waals surface area contributed by atoms with Gasteiger partial charge in [0.25, 0.3) is 0 Å². The van der Waals surface area contributed by atoms with Crippen molar-refractivity contribution in [2.24, 2.45) is 0 Å². The van der Waals surface area contributed by atoms with Gasteiger partial charge in [-0.3, -0.25) is 0 Å². The van der Waals surface area contributed by atoms with Crippen LogP contribution in [0.5, 0.6) is 17.5 Å². The minimum absolute atomic E-state index is 0.0465. The summed E-state index contributed by atoms with van der Waals surface area (Å²) in [4.78, 5) is 18.6. The number of carboxylic acid groups (broad SMARTS) is 1. The van der Waals surface area contributed by atoms with Gasteiger partial charge in [0, 0.05) is 0 Å². The molecular weight excluding hydrogens is 272 g/mol. The van der Waals surface area contributed by atoms with Gasteiger partial charge in [0.1, 0.15) is 0 Å². The summed E-state index contributed by atoms with van der Waals surface area (Å²) in [6.45, 7) is 0. The van der Waals surface area contributed by atoms with Crippen molar-refractivity contribution in [3.05, 3.63) is 41.2 Å². The summed E-state index contributed by atoms with van der Waals surface area (Å²) in [5, 5.41) is 9.30. The Hall–Kier alpha value is -2.34. The van der Waals surface area contributed by atoms with Crippen LogP contribution in [-0.2, 0) is 0 Å². The predicted octanol–water partition coefficient (Wildman–Crippen LogP) is 2.63. The Morgan fingerprint density at radius 1 is 1.26 bits per heavy atom. The molecular formula is C12H9ClN2O4. The molecule has 0 bridgehead atoms. The Kier molecular flexibility index (Phi) is 3.82. The van der Waals surface area contributed by atoms with Crippen molar-refractivity contribution in [3.8, 4) is 17.5 Å². The highest BCUT2D eigenvalue weighted by atomic mass is 35.5. The van der Waals surface area contributed by atoms with Crippen molar-refractivity contribution < 1.29 is 19.4 Å². The number of hydrogen-bond acceptors (Lipinski definition) is 5.